The van der Waals surface area contributed by atoms with Crippen LogP contribution in [0.4, 0.5) is 0 Å². The summed E-state index contributed by atoms with van der Waals surface area (Å²) in [5.74, 6) is -0.0936. The Morgan fingerprint density at radius 2 is 2.56 bits per heavy atom. The number of aliphatic hydroxyl groups excluding tert-OH is 1. The van der Waals surface area contributed by atoms with Crippen molar-refractivity contribution in [2.75, 3.05) is 33.0 Å². The molecule has 0 spiro atoms. The van der Waals surface area contributed by atoms with E-state index in [-0.39, 0.29) is 19.1 Å². The highest BCUT2D eigenvalue weighted by Crippen LogP contribution is 2.22. The minimum atomic E-state index is -0.490. The fraction of sp³-hybridized carbons (Fsp3) is 0.583. The molecule has 1 fully saturated rings. The molecule has 0 aliphatic carbocycles. The summed E-state index contributed by atoms with van der Waals surface area (Å²) in [6.45, 7) is 1.72. The van der Waals surface area contributed by atoms with Gasteiger partial charge in [-0.05, 0) is 11.4 Å². The molecule has 2 heterocycles. The van der Waals surface area contributed by atoms with Gasteiger partial charge in [0.2, 0.25) is 0 Å². The lowest BCUT2D eigenvalue weighted by Crippen LogP contribution is -2.46. The fourth-order valence-electron chi connectivity index (χ4n) is 1.89. The molecule has 1 aliphatic heterocycles. The predicted octanol–water partition coefficient (Wildman–Crippen LogP) is 0.646. The van der Waals surface area contributed by atoms with Gasteiger partial charge in [0.05, 0.1) is 24.7 Å². The minimum Gasteiger partial charge on any atom is -0.394 e. The summed E-state index contributed by atoms with van der Waals surface area (Å²) in [5.41, 5.74) is -0.490. The van der Waals surface area contributed by atoms with Crippen LogP contribution in [-0.2, 0) is 9.47 Å². The van der Waals surface area contributed by atoms with Gasteiger partial charge in [0, 0.05) is 19.6 Å². The molecule has 1 amide bonds. The molecule has 0 bridgehead atoms. The first kappa shape index (κ1) is 13.5. The topological polar surface area (TPSA) is 67.8 Å². The second kappa shape index (κ2) is 6.29. The van der Waals surface area contributed by atoms with Gasteiger partial charge in [-0.3, -0.25) is 4.79 Å². The van der Waals surface area contributed by atoms with E-state index in [9.17, 15) is 4.79 Å². The molecular weight excluding hydrogens is 254 g/mol. The zero-order valence-electron chi connectivity index (χ0n) is 10.1. The summed E-state index contributed by atoms with van der Waals surface area (Å²) in [6, 6.07) is 3.63. The lowest BCUT2D eigenvalue weighted by atomic mass is 10.0. The monoisotopic (exact) mass is 271 g/mol. The molecule has 1 aliphatic rings. The van der Waals surface area contributed by atoms with Gasteiger partial charge in [0.25, 0.3) is 5.91 Å². The van der Waals surface area contributed by atoms with E-state index in [1.807, 2.05) is 11.4 Å². The van der Waals surface area contributed by atoms with Crippen LogP contribution in [0.25, 0.3) is 0 Å². The molecule has 6 heteroatoms. The highest BCUT2D eigenvalue weighted by molar-refractivity contribution is 7.12. The first-order valence-electron chi connectivity index (χ1n) is 5.90. The van der Waals surface area contributed by atoms with Gasteiger partial charge >= 0.3 is 0 Å². The number of ether oxygens (including phenoxy) is 2. The molecule has 100 valence electrons. The molecule has 18 heavy (non-hydrogen) atoms. The number of nitrogens with one attached hydrogen (secondary N) is 1. The van der Waals surface area contributed by atoms with E-state index in [1.54, 1.807) is 6.07 Å². The SMILES string of the molecule is O=C(NCC1(OCCO)CCOC1)c1cccs1. The van der Waals surface area contributed by atoms with Crippen molar-refractivity contribution in [3.8, 4) is 0 Å². The normalized spacial score (nSPS) is 23.2. The van der Waals surface area contributed by atoms with Gasteiger partial charge < -0.3 is 19.9 Å². The molecule has 2 rings (SSSR count). The van der Waals surface area contributed by atoms with Gasteiger partial charge in [-0.1, -0.05) is 6.07 Å². The molecule has 1 saturated heterocycles. The van der Waals surface area contributed by atoms with Crippen molar-refractivity contribution in [1.82, 2.24) is 5.32 Å². The first-order valence-corrected chi connectivity index (χ1v) is 6.78. The third-order valence-electron chi connectivity index (χ3n) is 2.88. The minimum absolute atomic E-state index is 0.0272. The van der Waals surface area contributed by atoms with Crippen LogP contribution in [0.5, 0.6) is 0 Å². The molecule has 0 aromatic carbocycles. The molecule has 0 saturated carbocycles. The number of rotatable bonds is 6. The van der Waals surface area contributed by atoms with Crippen LogP contribution in [0.3, 0.4) is 0 Å². The van der Waals surface area contributed by atoms with Crippen LogP contribution in [0, 0.1) is 0 Å². The molecule has 0 radical (unpaired) electrons. The lowest BCUT2D eigenvalue weighted by Gasteiger charge is -2.27. The summed E-state index contributed by atoms with van der Waals surface area (Å²) in [4.78, 5) is 12.5. The molecule has 1 atom stereocenters. The van der Waals surface area contributed by atoms with Crippen molar-refractivity contribution in [1.29, 1.82) is 0 Å². The summed E-state index contributed by atoms with van der Waals surface area (Å²) in [7, 11) is 0. The third-order valence-corrected chi connectivity index (χ3v) is 3.75. The van der Waals surface area contributed by atoms with E-state index in [1.165, 1.54) is 11.3 Å². The predicted molar refractivity (Wildman–Crippen MR) is 67.9 cm³/mol. The van der Waals surface area contributed by atoms with E-state index < -0.39 is 5.60 Å². The quantitative estimate of drug-likeness (QED) is 0.797. The Balaban J connectivity index is 1.88. The van der Waals surface area contributed by atoms with Crippen molar-refractivity contribution in [2.45, 2.75) is 12.0 Å². The Hall–Kier alpha value is -0.950. The smallest absolute Gasteiger partial charge is 0.261 e. The zero-order valence-corrected chi connectivity index (χ0v) is 10.9. The number of carbonyl (C=O) groups is 1. The van der Waals surface area contributed by atoms with Gasteiger partial charge in [0.1, 0.15) is 5.60 Å². The summed E-state index contributed by atoms with van der Waals surface area (Å²) in [5, 5.41) is 13.5. The van der Waals surface area contributed by atoms with Crippen molar-refractivity contribution >= 4 is 17.2 Å². The summed E-state index contributed by atoms with van der Waals surface area (Å²) in [6.07, 6.45) is 0.734. The van der Waals surface area contributed by atoms with Crippen LogP contribution in [-0.4, -0.2) is 49.6 Å². The molecule has 1 aromatic rings. The number of hydrogen-bond acceptors (Lipinski definition) is 5. The molecule has 2 N–H and O–H groups in total. The largest absolute Gasteiger partial charge is 0.394 e. The maximum Gasteiger partial charge on any atom is 0.261 e. The van der Waals surface area contributed by atoms with Crippen molar-refractivity contribution in [3.63, 3.8) is 0 Å². The molecule has 5 nitrogen and oxygen atoms in total. The van der Waals surface area contributed by atoms with Gasteiger partial charge in [0.15, 0.2) is 0 Å². The van der Waals surface area contributed by atoms with Crippen LogP contribution in [0.15, 0.2) is 17.5 Å². The van der Waals surface area contributed by atoms with Crippen molar-refractivity contribution in [3.05, 3.63) is 22.4 Å². The molecule has 1 unspecified atom stereocenters. The summed E-state index contributed by atoms with van der Waals surface area (Å²) >= 11 is 1.41. The van der Waals surface area contributed by atoms with Crippen molar-refractivity contribution in [2.24, 2.45) is 0 Å². The maximum absolute atomic E-state index is 11.8. The number of aliphatic hydroxyl groups is 1. The Kier molecular flexibility index (Phi) is 4.71. The number of carbonyl (C=O) groups excluding carboxylic acids is 1. The van der Waals surface area contributed by atoms with Crippen LogP contribution < -0.4 is 5.32 Å². The Morgan fingerprint density at radius 1 is 1.67 bits per heavy atom. The first-order chi connectivity index (χ1) is 8.76. The second-order valence-corrected chi connectivity index (χ2v) is 5.17. The lowest BCUT2D eigenvalue weighted by molar-refractivity contribution is -0.0582. The average molecular weight is 271 g/mol. The van der Waals surface area contributed by atoms with Crippen LogP contribution in [0.1, 0.15) is 16.1 Å². The maximum atomic E-state index is 11.8. The third kappa shape index (κ3) is 3.29. The van der Waals surface area contributed by atoms with E-state index in [0.29, 0.717) is 24.6 Å². The Labute approximate surface area is 110 Å². The zero-order chi connectivity index (χ0) is 12.8. The Morgan fingerprint density at radius 3 is 3.17 bits per heavy atom. The van der Waals surface area contributed by atoms with Gasteiger partial charge in [-0.15, -0.1) is 11.3 Å². The van der Waals surface area contributed by atoms with Crippen LogP contribution in [0.2, 0.25) is 0 Å². The second-order valence-electron chi connectivity index (χ2n) is 4.22. The number of thiophene rings is 1. The molecular formula is C12H17NO4S. The van der Waals surface area contributed by atoms with Crippen LogP contribution >= 0.6 is 11.3 Å². The highest BCUT2D eigenvalue weighted by Gasteiger charge is 2.36. The summed E-state index contributed by atoms with van der Waals surface area (Å²) < 4.78 is 10.9. The molecule has 1 aromatic heterocycles. The van der Waals surface area contributed by atoms with E-state index in [4.69, 9.17) is 14.6 Å². The highest BCUT2D eigenvalue weighted by atomic mass is 32.1. The van der Waals surface area contributed by atoms with E-state index >= 15 is 0 Å². The number of hydrogen-bond donors (Lipinski definition) is 2. The van der Waals surface area contributed by atoms with Crippen molar-refractivity contribution < 1.29 is 19.4 Å². The van der Waals surface area contributed by atoms with E-state index in [0.717, 1.165) is 6.42 Å². The fourth-order valence-corrected chi connectivity index (χ4v) is 2.53. The standard InChI is InChI=1S/C12H17NO4S/c14-4-6-17-12(3-5-16-9-12)8-13-11(15)10-2-1-7-18-10/h1-2,7,14H,3-6,8-9H2,(H,13,15). The van der Waals surface area contributed by atoms with Gasteiger partial charge in [-0.2, -0.15) is 0 Å². The Bertz CT molecular complexity index is 373. The number of amides is 1. The van der Waals surface area contributed by atoms with E-state index in [2.05, 4.69) is 5.32 Å². The van der Waals surface area contributed by atoms with Gasteiger partial charge in [-0.25, -0.2) is 0 Å². The average Bonchev–Trinajstić information content (AvgIpc) is 3.05.